The molecule has 1 aliphatic heterocycles. The summed E-state index contributed by atoms with van der Waals surface area (Å²) in [5.74, 6) is 1.94. The predicted molar refractivity (Wildman–Crippen MR) is 63.2 cm³/mol. The molecule has 1 fully saturated rings. The summed E-state index contributed by atoms with van der Waals surface area (Å²) in [6.07, 6.45) is 1.65. The molecule has 15 heavy (non-hydrogen) atoms. The van der Waals surface area contributed by atoms with E-state index < -0.39 is 5.60 Å². The highest BCUT2D eigenvalue weighted by molar-refractivity contribution is 7.99. The minimum absolute atomic E-state index is 0.496. The number of nitrogens with zero attached hydrogens (tertiary/aromatic N) is 2. The van der Waals surface area contributed by atoms with E-state index in [0.29, 0.717) is 0 Å². The van der Waals surface area contributed by atoms with Crippen molar-refractivity contribution in [2.24, 2.45) is 0 Å². The van der Waals surface area contributed by atoms with Crippen LogP contribution < -0.4 is 0 Å². The van der Waals surface area contributed by atoms with Crippen molar-refractivity contribution in [3.05, 3.63) is 17.5 Å². The standard InChI is InChI=1S/C11H18N2OS/c1-3-13-10(6-9(2)12-13)7-11(14)4-5-15-8-11/h6,14H,3-5,7-8H2,1-2H3. The van der Waals surface area contributed by atoms with Crippen molar-refractivity contribution < 1.29 is 5.11 Å². The molecular weight excluding hydrogens is 208 g/mol. The molecule has 1 aromatic heterocycles. The van der Waals surface area contributed by atoms with Gasteiger partial charge in [0, 0.05) is 24.4 Å². The Hall–Kier alpha value is -0.480. The zero-order valence-corrected chi connectivity index (χ0v) is 10.2. The molecule has 0 bridgehead atoms. The third-order valence-electron chi connectivity index (χ3n) is 2.88. The molecule has 0 saturated carbocycles. The minimum Gasteiger partial charge on any atom is -0.389 e. The van der Waals surface area contributed by atoms with Crippen molar-refractivity contribution in [2.75, 3.05) is 11.5 Å². The molecule has 1 unspecified atom stereocenters. The smallest absolute Gasteiger partial charge is 0.0800 e. The summed E-state index contributed by atoms with van der Waals surface area (Å²) in [5.41, 5.74) is 1.71. The lowest BCUT2D eigenvalue weighted by molar-refractivity contribution is 0.0664. The molecule has 0 amide bonds. The second-order valence-electron chi connectivity index (χ2n) is 4.30. The van der Waals surface area contributed by atoms with Crippen molar-refractivity contribution in [2.45, 2.75) is 38.8 Å². The Labute approximate surface area is 94.9 Å². The lowest BCUT2D eigenvalue weighted by Gasteiger charge is -2.21. The summed E-state index contributed by atoms with van der Waals surface area (Å²) in [4.78, 5) is 0. The van der Waals surface area contributed by atoms with Gasteiger partial charge in [0.25, 0.3) is 0 Å². The molecule has 0 radical (unpaired) electrons. The van der Waals surface area contributed by atoms with Gasteiger partial charge < -0.3 is 5.11 Å². The van der Waals surface area contributed by atoms with Crippen LogP contribution in [-0.4, -0.2) is 32.0 Å². The summed E-state index contributed by atoms with van der Waals surface area (Å²) in [7, 11) is 0. The van der Waals surface area contributed by atoms with Crippen molar-refractivity contribution >= 4 is 11.8 Å². The molecule has 3 nitrogen and oxygen atoms in total. The highest BCUT2D eigenvalue weighted by Gasteiger charge is 2.32. The third kappa shape index (κ3) is 2.37. The molecule has 0 aliphatic carbocycles. The van der Waals surface area contributed by atoms with E-state index in [2.05, 4.69) is 18.1 Å². The third-order valence-corrected chi connectivity index (χ3v) is 4.11. The Morgan fingerprint density at radius 2 is 2.47 bits per heavy atom. The fraction of sp³-hybridized carbons (Fsp3) is 0.727. The molecule has 1 aliphatic rings. The molecule has 2 heterocycles. The van der Waals surface area contributed by atoms with Crippen LogP contribution in [-0.2, 0) is 13.0 Å². The number of aromatic nitrogens is 2. The van der Waals surface area contributed by atoms with Gasteiger partial charge in [-0.2, -0.15) is 16.9 Å². The van der Waals surface area contributed by atoms with Crippen molar-refractivity contribution in [1.29, 1.82) is 0 Å². The van der Waals surface area contributed by atoms with Crippen LogP contribution in [0, 0.1) is 6.92 Å². The van der Waals surface area contributed by atoms with Gasteiger partial charge in [-0.1, -0.05) is 0 Å². The number of hydrogen-bond acceptors (Lipinski definition) is 3. The van der Waals surface area contributed by atoms with Gasteiger partial charge in [-0.25, -0.2) is 0 Å². The van der Waals surface area contributed by atoms with Gasteiger partial charge in [0.2, 0.25) is 0 Å². The second kappa shape index (κ2) is 4.18. The number of rotatable bonds is 3. The average molecular weight is 226 g/mol. The lowest BCUT2D eigenvalue weighted by atomic mass is 9.97. The molecule has 0 spiro atoms. The van der Waals surface area contributed by atoms with Crippen molar-refractivity contribution in [3.63, 3.8) is 0 Å². The molecular formula is C11H18N2OS. The van der Waals surface area contributed by atoms with E-state index in [1.54, 1.807) is 0 Å². The Balaban J connectivity index is 2.15. The molecule has 84 valence electrons. The van der Waals surface area contributed by atoms with Crippen LogP contribution >= 0.6 is 11.8 Å². The van der Waals surface area contributed by atoms with Crippen LogP contribution in [0.5, 0.6) is 0 Å². The highest BCUT2D eigenvalue weighted by atomic mass is 32.2. The van der Waals surface area contributed by atoms with Gasteiger partial charge in [0.1, 0.15) is 0 Å². The van der Waals surface area contributed by atoms with Crippen molar-refractivity contribution in [1.82, 2.24) is 9.78 Å². The topological polar surface area (TPSA) is 38.0 Å². The number of aliphatic hydroxyl groups is 1. The highest BCUT2D eigenvalue weighted by Crippen LogP contribution is 2.30. The zero-order valence-electron chi connectivity index (χ0n) is 9.36. The summed E-state index contributed by atoms with van der Waals surface area (Å²) in [6, 6.07) is 2.09. The van der Waals surface area contributed by atoms with E-state index in [-0.39, 0.29) is 0 Å². The van der Waals surface area contributed by atoms with E-state index in [9.17, 15) is 5.11 Å². The van der Waals surface area contributed by atoms with E-state index in [1.807, 2.05) is 23.4 Å². The van der Waals surface area contributed by atoms with Crippen LogP contribution in [0.3, 0.4) is 0 Å². The summed E-state index contributed by atoms with van der Waals surface area (Å²) < 4.78 is 2.00. The summed E-state index contributed by atoms with van der Waals surface area (Å²) in [6.45, 7) is 4.97. The molecule has 1 atom stereocenters. The molecule has 2 rings (SSSR count). The molecule has 1 saturated heterocycles. The average Bonchev–Trinajstić information content (AvgIpc) is 2.73. The molecule has 1 aromatic rings. The quantitative estimate of drug-likeness (QED) is 0.851. The van der Waals surface area contributed by atoms with E-state index >= 15 is 0 Å². The predicted octanol–water partition coefficient (Wildman–Crippen LogP) is 1.62. The first kappa shape index (κ1) is 11.0. The van der Waals surface area contributed by atoms with Gasteiger partial charge >= 0.3 is 0 Å². The maximum Gasteiger partial charge on any atom is 0.0800 e. The van der Waals surface area contributed by atoms with Crippen molar-refractivity contribution in [3.8, 4) is 0 Å². The Morgan fingerprint density at radius 3 is 3.07 bits per heavy atom. The largest absolute Gasteiger partial charge is 0.389 e. The van der Waals surface area contributed by atoms with Gasteiger partial charge in [0.15, 0.2) is 0 Å². The van der Waals surface area contributed by atoms with Gasteiger partial charge in [0.05, 0.1) is 11.3 Å². The Bertz CT molecular complexity index is 342. The van der Waals surface area contributed by atoms with Gasteiger partial charge in [-0.15, -0.1) is 0 Å². The SMILES string of the molecule is CCn1nc(C)cc1CC1(O)CCSC1. The van der Waals surface area contributed by atoms with E-state index in [0.717, 1.165) is 36.6 Å². The van der Waals surface area contributed by atoms with Gasteiger partial charge in [-0.05, 0) is 32.1 Å². The van der Waals surface area contributed by atoms with E-state index in [1.165, 1.54) is 5.69 Å². The Morgan fingerprint density at radius 1 is 1.67 bits per heavy atom. The lowest BCUT2D eigenvalue weighted by Crippen LogP contribution is -2.31. The first-order chi connectivity index (χ1) is 7.13. The second-order valence-corrected chi connectivity index (χ2v) is 5.40. The normalized spacial score (nSPS) is 26.1. The first-order valence-corrected chi connectivity index (χ1v) is 6.62. The maximum absolute atomic E-state index is 10.3. The van der Waals surface area contributed by atoms with Crippen LogP contribution in [0.15, 0.2) is 6.07 Å². The molecule has 0 aromatic carbocycles. The zero-order chi connectivity index (χ0) is 10.9. The first-order valence-electron chi connectivity index (χ1n) is 5.46. The number of hydrogen-bond donors (Lipinski definition) is 1. The number of thioether (sulfide) groups is 1. The minimum atomic E-state index is -0.496. The number of aryl methyl sites for hydroxylation is 2. The fourth-order valence-corrected chi connectivity index (χ4v) is 3.38. The van der Waals surface area contributed by atoms with Crippen LogP contribution in [0.1, 0.15) is 24.7 Å². The molecule has 4 heteroatoms. The molecule has 1 N–H and O–H groups in total. The summed E-state index contributed by atoms with van der Waals surface area (Å²) in [5, 5.41) is 14.7. The monoisotopic (exact) mass is 226 g/mol. The van der Waals surface area contributed by atoms with E-state index in [4.69, 9.17) is 0 Å². The van der Waals surface area contributed by atoms with Crippen LogP contribution in [0.25, 0.3) is 0 Å². The Kier molecular flexibility index (Phi) is 3.07. The maximum atomic E-state index is 10.3. The fourth-order valence-electron chi connectivity index (χ4n) is 2.09. The van der Waals surface area contributed by atoms with Gasteiger partial charge in [-0.3, -0.25) is 4.68 Å². The van der Waals surface area contributed by atoms with Crippen LogP contribution in [0.2, 0.25) is 0 Å². The van der Waals surface area contributed by atoms with Crippen LogP contribution in [0.4, 0.5) is 0 Å². The summed E-state index contributed by atoms with van der Waals surface area (Å²) >= 11 is 1.84.